The van der Waals surface area contributed by atoms with Crippen LogP contribution in [0, 0.1) is 53.7 Å². The second-order valence-corrected chi connectivity index (χ2v) is 20.9. The molecule has 4 N–H and O–H groups in total. The fourth-order valence-corrected chi connectivity index (χ4v) is 10.4. The lowest BCUT2D eigenvalue weighted by Crippen LogP contribution is -2.29. The summed E-state index contributed by atoms with van der Waals surface area (Å²) in [5, 5.41) is 29.8. The highest BCUT2D eigenvalue weighted by molar-refractivity contribution is 5.81. The van der Waals surface area contributed by atoms with Crippen molar-refractivity contribution in [2.24, 2.45) is 0 Å². The van der Waals surface area contributed by atoms with E-state index in [1.54, 1.807) is 24.4 Å². The highest BCUT2D eigenvalue weighted by atomic mass is 19.1. The highest BCUT2D eigenvalue weighted by Gasteiger charge is 2.23. The van der Waals surface area contributed by atoms with Crippen LogP contribution in [-0.2, 0) is 0 Å². The summed E-state index contributed by atoms with van der Waals surface area (Å²) < 4.78 is 13.4. The Balaban J connectivity index is 0.000000147. The molecule has 6 heterocycles. The molecule has 5 aromatic carbocycles. The van der Waals surface area contributed by atoms with E-state index in [0.717, 1.165) is 116 Å². The van der Waals surface area contributed by atoms with Gasteiger partial charge in [-0.2, -0.15) is 0 Å². The van der Waals surface area contributed by atoms with E-state index in [0.29, 0.717) is 16.8 Å². The maximum Gasteiger partial charge on any atom is 0.278 e. The number of hydrogen-bond donors (Lipinski definition) is 3. The normalized spacial score (nSPS) is 14.2. The fraction of sp³-hybridized carbons (Fsp3) is 0.297. The van der Waals surface area contributed by atoms with Crippen molar-refractivity contribution in [3.05, 3.63) is 194 Å². The zero-order valence-electron chi connectivity index (χ0n) is 46.1. The Bertz CT molecular complexity index is 3470. The summed E-state index contributed by atoms with van der Waals surface area (Å²) in [6, 6.07) is 39.5. The Morgan fingerprint density at radius 3 is 1.19 bits per heavy atom. The monoisotopic (exact) mass is 1080 g/mol. The molecule has 0 radical (unpaired) electrons. The molecule has 412 valence electrons. The summed E-state index contributed by atoms with van der Waals surface area (Å²) >= 11 is 0. The van der Waals surface area contributed by atoms with Crippen LogP contribution in [0.25, 0.3) is 33.8 Å². The molecule has 15 nitrogen and oxygen atoms in total. The molecule has 11 rings (SSSR count). The van der Waals surface area contributed by atoms with Crippen LogP contribution in [0.3, 0.4) is 0 Å². The number of nitrogens with two attached hydrogens (primary N) is 1. The van der Waals surface area contributed by atoms with Gasteiger partial charge >= 0.3 is 0 Å². The lowest BCUT2D eigenvalue weighted by atomic mass is 10.0. The molecule has 3 saturated heterocycles. The Hall–Kier alpha value is -8.92. The van der Waals surface area contributed by atoms with Crippen molar-refractivity contribution < 1.29 is 14.2 Å². The van der Waals surface area contributed by atoms with Crippen LogP contribution in [0.2, 0.25) is 0 Å². The first-order chi connectivity index (χ1) is 38.8. The molecular weight excluding hydrogens is 1010 g/mol. The summed E-state index contributed by atoms with van der Waals surface area (Å²) in [6.07, 6.45) is 15.7. The predicted molar refractivity (Wildman–Crippen MR) is 323 cm³/mol. The number of rotatable bonds is 12. The molecule has 0 aliphatic carbocycles. The summed E-state index contributed by atoms with van der Waals surface area (Å²) in [5.41, 5.74) is 22.9. The van der Waals surface area contributed by atoms with E-state index in [-0.39, 0.29) is 22.0 Å². The van der Waals surface area contributed by atoms with Crippen LogP contribution in [0.15, 0.2) is 146 Å². The maximum absolute atomic E-state index is 13.4. The summed E-state index contributed by atoms with van der Waals surface area (Å²) in [7, 11) is 0. The largest absolute Gasteiger partial charge is 0.398 e. The van der Waals surface area contributed by atoms with E-state index in [1.807, 2.05) is 48.7 Å². The van der Waals surface area contributed by atoms with Crippen LogP contribution >= 0.6 is 0 Å². The van der Waals surface area contributed by atoms with Crippen molar-refractivity contribution >= 4 is 56.9 Å². The van der Waals surface area contributed by atoms with Crippen molar-refractivity contribution in [3.63, 3.8) is 0 Å². The zero-order valence-corrected chi connectivity index (χ0v) is 46.1. The number of nitro benzene ring substituents is 2. The first kappa shape index (κ1) is 55.8. The van der Waals surface area contributed by atoms with Gasteiger partial charge in [-0.05, 0) is 205 Å². The minimum Gasteiger partial charge on any atom is -0.398 e. The summed E-state index contributed by atoms with van der Waals surface area (Å²) in [6.45, 7) is 14.5. The van der Waals surface area contributed by atoms with E-state index in [2.05, 4.69) is 117 Å². The molecule has 0 spiro atoms. The van der Waals surface area contributed by atoms with E-state index in [4.69, 9.17) is 5.73 Å². The first-order valence-corrected chi connectivity index (χ1v) is 27.7. The number of halogens is 1. The van der Waals surface area contributed by atoms with Gasteiger partial charge in [0.05, 0.1) is 38.1 Å². The molecule has 3 aliphatic heterocycles. The molecule has 0 amide bonds. The second kappa shape index (κ2) is 26.2. The molecule has 16 heteroatoms. The van der Waals surface area contributed by atoms with E-state index in [9.17, 15) is 24.6 Å². The number of nitrogen functional groups attached to an aromatic ring is 1. The molecule has 0 saturated carbocycles. The topological polar surface area (TPSA) is 185 Å². The Labute approximate surface area is 468 Å². The van der Waals surface area contributed by atoms with Gasteiger partial charge in [0, 0.05) is 127 Å². The molecule has 8 aromatic rings. The van der Waals surface area contributed by atoms with Crippen molar-refractivity contribution in [1.82, 2.24) is 15.0 Å². The smallest absolute Gasteiger partial charge is 0.278 e. The minimum atomic E-state index is -0.456. The second-order valence-electron chi connectivity index (χ2n) is 20.9. The van der Waals surface area contributed by atoms with Gasteiger partial charge in [0.25, 0.3) is 11.4 Å². The number of nitrogens with one attached hydrogen (secondary N) is 2. The number of aromatic nitrogens is 3. The van der Waals surface area contributed by atoms with E-state index < -0.39 is 10.7 Å². The SMILES string of the molecule is Cc1ccc(Nc2ccnc(-c3cc(N4CCCCC4)ccc3N)c2)cc1C.Cc1ccc(Nc2ccnc(-c3cc(N4CCCCC4)ccc3[N+](=O)[O-])c2)cc1C.O=[N+]([O-])c1ccc(N2CCCCC2)cc1-c1cc(F)ccn1. The molecule has 3 aliphatic rings. The maximum atomic E-state index is 13.4. The molecular formula is C64H70FN11O4. The number of piperidine rings is 3. The van der Waals surface area contributed by atoms with E-state index >= 15 is 0 Å². The molecule has 80 heavy (non-hydrogen) atoms. The van der Waals surface area contributed by atoms with Gasteiger partial charge in [-0.3, -0.25) is 35.2 Å². The lowest BCUT2D eigenvalue weighted by Gasteiger charge is -2.29. The number of anilines is 8. The average Bonchev–Trinajstić information content (AvgIpc) is 3.51. The fourth-order valence-electron chi connectivity index (χ4n) is 10.4. The van der Waals surface area contributed by atoms with Crippen LogP contribution in [0.5, 0.6) is 0 Å². The van der Waals surface area contributed by atoms with E-state index in [1.165, 1.54) is 84.4 Å². The average molecular weight is 1080 g/mol. The molecule has 3 fully saturated rings. The van der Waals surface area contributed by atoms with Gasteiger partial charge in [0.15, 0.2) is 0 Å². The van der Waals surface area contributed by atoms with Gasteiger partial charge < -0.3 is 31.1 Å². The van der Waals surface area contributed by atoms with Crippen LogP contribution in [-0.4, -0.2) is 64.1 Å². The number of aryl methyl sites for hydroxylation is 4. The van der Waals surface area contributed by atoms with Gasteiger partial charge in [0.2, 0.25) is 0 Å². The third kappa shape index (κ3) is 14.2. The van der Waals surface area contributed by atoms with Crippen molar-refractivity contribution in [2.45, 2.75) is 85.5 Å². The van der Waals surface area contributed by atoms with Gasteiger partial charge in [-0.15, -0.1) is 0 Å². The third-order valence-electron chi connectivity index (χ3n) is 15.2. The van der Waals surface area contributed by atoms with Gasteiger partial charge in [0.1, 0.15) is 5.82 Å². The van der Waals surface area contributed by atoms with Crippen molar-refractivity contribution in [1.29, 1.82) is 0 Å². The van der Waals surface area contributed by atoms with Crippen LogP contribution in [0.4, 0.5) is 61.3 Å². The zero-order chi connectivity index (χ0) is 56.1. The predicted octanol–water partition coefficient (Wildman–Crippen LogP) is 15.5. The van der Waals surface area contributed by atoms with Crippen molar-refractivity contribution in [2.75, 3.05) is 70.3 Å². The van der Waals surface area contributed by atoms with Crippen molar-refractivity contribution in [3.8, 4) is 33.8 Å². The standard InChI is InChI=1S/C24H26N4O2.C24H28N4.C16H16FN3O2/c1-17-6-7-19(14-18(17)2)26-20-10-11-25-23(15-20)22-16-21(8-9-24(22)28(29)30)27-12-4-3-5-13-27;1-17-6-7-19(14-18(17)2)27-20-10-11-26-24(15-20)22-16-21(8-9-23(22)25)28-12-4-3-5-13-28;17-12-6-7-18-15(10-12)14-11-13(4-5-16(14)20(21)22)19-8-2-1-3-9-19/h6-11,14-16H,3-5,12-13H2,1-2H3,(H,25,26);6-11,14-16H,3-5,12-13,25H2,1-2H3,(H,26,27);4-7,10-11H,1-3,8-9H2. The number of pyridine rings is 3. The van der Waals surface area contributed by atoms with Crippen LogP contribution in [0.1, 0.15) is 80.0 Å². The Morgan fingerprint density at radius 2 is 0.787 bits per heavy atom. The first-order valence-electron chi connectivity index (χ1n) is 27.7. The van der Waals surface area contributed by atoms with Gasteiger partial charge in [-0.25, -0.2) is 4.39 Å². The van der Waals surface area contributed by atoms with Gasteiger partial charge in [-0.1, -0.05) is 12.1 Å². The number of nitrogens with zero attached hydrogens (tertiary/aromatic N) is 8. The quantitative estimate of drug-likeness (QED) is 0.0597. The highest BCUT2D eigenvalue weighted by Crippen LogP contribution is 2.37. The number of nitro groups is 2. The molecule has 3 aromatic heterocycles. The minimum absolute atomic E-state index is 0.0566. The summed E-state index contributed by atoms with van der Waals surface area (Å²) in [4.78, 5) is 42.2. The number of benzene rings is 5. The Morgan fingerprint density at radius 1 is 0.425 bits per heavy atom. The Kier molecular flexibility index (Phi) is 18.2. The third-order valence-corrected chi connectivity index (χ3v) is 15.2. The molecule has 0 atom stereocenters. The number of hydrogen-bond acceptors (Lipinski definition) is 13. The molecule has 0 bridgehead atoms. The van der Waals surface area contributed by atoms with Crippen LogP contribution < -0.4 is 31.1 Å². The summed E-state index contributed by atoms with van der Waals surface area (Å²) in [5.74, 6) is -0.456. The molecule has 0 unspecified atom stereocenters. The lowest BCUT2D eigenvalue weighted by molar-refractivity contribution is -0.384.